The molecule has 0 bridgehead atoms. The van der Waals surface area contributed by atoms with Gasteiger partial charge < -0.3 is 15.5 Å². The molecule has 0 aromatic rings. The van der Waals surface area contributed by atoms with E-state index in [0.717, 1.165) is 19.5 Å². The highest BCUT2D eigenvalue weighted by atomic mass is 16.2. The van der Waals surface area contributed by atoms with Gasteiger partial charge in [0.05, 0.1) is 5.41 Å². The van der Waals surface area contributed by atoms with E-state index in [9.17, 15) is 9.59 Å². The van der Waals surface area contributed by atoms with Gasteiger partial charge in [-0.25, -0.2) is 0 Å². The summed E-state index contributed by atoms with van der Waals surface area (Å²) in [5, 5.41) is 6.13. The van der Waals surface area contributed by atoms with Crippen LogP contribution in [0.15, 0.2) is 0 Å². The fourth-order valence-electron chi connectivity index (χ4n) is 3.60. The number of hydrogen-bond acceptors (Lipinski definition) is 3. The summed E-state index contributed by atoms with van der Waals surface area (Å²) in [6, 6.07) is 0. The Bertz CT molecular complexity index is 393. The van der Waals surface area contributed by atoms with Gasteiger partial charge in [0.1, 0.15) is 0 Å². The molecule has 0 aliphatic carbocycles. The topological polar surface area (TPSA) is 61.4 Å². The van der Waals surface area contributed by atoms with Gasteiger partial charge in [-0.2, -0.15) is 0 Å². The predicted molar refractivity (Wildman–Crippen MR) is 82.7 cm³/mol. The fraction of sp³-hybridized carbons (Fsp3) is 0.875. The summed E-state index contributed by atoms with van der Waals surface area (Å²) in [5.74, 6) is 1.27. The lowest BCUT2D eigenvalue weighted by molar-refractivity contribution is -0.133. The molecular formula is C16H29N3O2. The van der Waals surface area contributed by atoms with Gasteiger partial charge in [-0.05, 0) is 51.1 Å². The molecule has 2 fully saturated rings. The van der Waals surface area contributed by atoms with Crippen LogP contribution in [0.25, 0.3) is 0 Å². The summed E-state index contributed by atoms with van der Waals surface area (Å²) < 4.78 is 0. The molecule has 3 unspecified atom stereocenters. The molecule has 0 saturated carbocycles. The maximum absolute atomic E-state index is 12.5. The van der Waals surface area contributed by atoms with Crippen LogP contribution in [-0.4, -0.2) is 49.9 Å². The SMILES string of the molecule is CNC(=O)C1(C)CCN(C(=O)CC(C)C2CCCNC2)C1. The highest BCUT2D eigenvalue weighted by Gasteiger charge is 2.41. The minimum absolute atomic E-state index is 0.0438. The summed E-state index contributed by atoms with van der Waals surface area (Å²) in [6.07, 6.45) is 3.80. The van der Waals surface area contributed by atoms with Gasteiger partial charge in [0, 0.05) is 26.6 Å². The Kier molecular flexibility index (Phi) is 5.25. The van der Waals surface area contributed by atoms with Gasteiger partial charge in [-0.1, -0.05) is 6.92 Å². The van der Waals surface area contributed by atoms with E-state index < -0.39 is 5.41 Å². The van der Waals surface area contributed by atoms with E-state index in [-0.39, 0.29) is 11.8 Å². The summed E-state index contributed by atoms with van der Waals surface area (Å²) in [7, 11) is 1.66. The van der Waals surface area contributed by atoms with Crippen molar-refractivity contribution in [3.63, 3.8) is 0 Å². The van der Waals surface area contributed by atoms with Crippen LogP contribution in [-0.2, 0) is 9.59 Å². The number of amides is 2. The van der Waals surface area contributed by atoms with Gasteiger partial charge in [0.2, 0.25) is 11.8 Å². The quantitative estimate of drug-likeness (QED) is 0.813. The zero-order valence-corrected chi connectivity index (χ0v) is 13.6. The van der Waals surface area contributed by atoms with E-state index in [1.54, 1.807) is 7.05 Å². The number of nitrogens with one attached hydrogen (secondary N) is 2. The van der Waals surface area contributed by atoms with Crippen LogP contribution in [0.2, 0.25) is 0 Å². The van der Waals surface area contributed by atoms with Crippen molar-refractivity contribution in [1.82, 2.24) is 15.5 Å². The van der Waals surface area contributed by atoms with Crippen molar-refractivity contribution in [2.45, 2.75) is 39.5 Å². The molecule has 2 aliphatic heterocycles. The molecule has 0 aromatic heterocycles. The third-order valence-corrected chi connectivity index (χ3v) is 5.24. The molecule has 2 aliphatic rings. The summed E-state index contributed by atoms with van der Waals surface area (Å²) in [4.78, 5) is 26.3. The van der Waals surface area contributed by atoms with E-state index in [1.165, 1.54) is 12.8 Å². The van der Waals surface area contributed by atoms with Crippen LogP contribution in [0.3, 0.4) is 0 Å². The van der Waals surface area contributed by atoms with Crippen molar-refractivity contribution < 1.29 is 9.59 Å². The second kappa shape index (κ2) is 6.77. The first-order chi connectivity index (χ1) is 9.96. The normalized spacial score (nSPS) is 31.0. The van der Waals surface area contributed by atoms with Gasteiger partial charge in [0.25, 0.3) is 0 Å². The summed E-state index contributed by atoms with van der Waals surface area (Å²) >= 11 is 0. The van der Waals surface area contributed by atoms with Crippen molar-refractivity contribution >= 4 is 11.8 Å². The van der Waals surface area contributed by atoms with Gasteiger partial charge in [-0.3, -0.25) is 9.59 Å². The largest absolute Gasteiger partial charge is 0.359 e. The monoisotopic (exact) mass is 295 g/mol. The number of piperidine rings is 1. The third kappa shape index (κ3) is 3.76. The van der Waals surface area contributed by atoms with E-state index in [0.29, 0.717) is 31.3 Å². The molecule has 0 radical (unpaired) electrons. The number of likely N-dealkylation sites (tertiary alicyclic amines) is 1. The van der Waals surface area contributed by atoms with Crippen molar-refractivity contribution in [3.05, 3.63) is 0 Å². The minimum Gasteiger partial charge on any atom is -0.359 e. The lowest BCUT2D eigenvalue weighted by Gasteiger charge is -2.29. The molecule has 2 saturated heterocycles. The average Bonchev–Trinajstić information content (AvgIpc) is 2.91. The van der Waals surface area contributed by atoms with Crippen LogP contribution < -0.4 is 10.6 Å². The molecular weight excluding hydrogens is 266 g/mol. The Morgan fingerprint density at radius 2 is 2.24 bits per heavy atom. The number of nitrogens with zero attached hydrogens (tertiary/aromatic N) is 1. The van der Waals surface area contributed by atoms with Crippen LogP contribution in [0.4, 0.5) is 0 Å². The van der Waals surface area contributed by atoms with Gasteiger partial charge in [0.15, 0.2) is 0 Å². The number of rotatable bonds is 4. The lowest BCUT2D eigenvalue weighted by Crippen LogP contribution is -2.41. The van der Waals surface area contributed by atoms with Crippen molar-refractivity contribution in [2.24, 2.45) is 17.3 Å². The minimum atomic E-state index is -0.417. The van der Waals surface area contributed by atoms with Crippen LogP contribution in [0.5, 0.6) is 0 Å². The van der Waals surface area contributed by atoms with Crippen LogP contribution in [0, 0.1) is 17.3 Å². The Morgan fingerprint density at radius 3 is 2.86 bits per heavy atom. The van der Waals surface area contributed by atoms with E-state index in [1.807, 2.05) is 11.8 Å². The highest BCUT2D eigenvalue weighted by Crippen LogP contribution is 2.31. The standard InChI is InChI=1S/C16H29N3O2/c1-12(13-5-4-7-18-10-13)9-14(20)19-8-6-16(2,11-19)15(21)17-3/h12-13,18H,4-11H2,1-3H3,(H,17,21). The number of hydrogen-bond donors (Lipinski definition) is 2. The fourth-order valence-corrected chi connectivity index (χ4v) is 3.60. The maximum atomic E-state index is 12.5. The molecule has 120 valence electrons. The van der Waals surface area contributed by atoms with Crippen molar-refractivity contribution in [1.29, 1.82) is 0 Å². The summed E-state index contributed by atoms with van der Waals surface area (Å²) in [6.45, 7) is 7.54. The Morgan fingerprint density at radius 1 is 1.48 bits per heavy atom. The summed E-state index contributed by atoms with van der Waals surface area (Å²) in [5.41, 5.74) is -0.417. The highest BCUT2D eigenvalue weighted by molar-refractivity contribution is 5.84. The zero-order chi connectivity index (χ0) is 15.5. The first-order valence-corrected chi connectivity index (χ1v) is 8.17. The Balaban J connectivity index is 1.85. The second-order valence-electron chi connectivity index (χ2n) is 6.99. The molecule has 2 amide bonds. The van der Waals surface area contributed by atoms with Gasteiger partial charge >= 0.3 is 0 Å². The molecule has 3 atom stereocenters. The van der Waals surface area contributed by atoms with Crippen LogP contribution in [0.1, 0.15) is 39.5 Å². The van der Waals surface area contributed by atoms with Crippen molar-refractivity contribution in [2.75, 3.05) is 33.2 Å². The van der Waals surface area contributed by atoms with Gasteiger partial charge in [-0.15, -0.1) is 0 Å². The molecule has 2 rings (SSSR count). The first-order valence-electron chi connectivity index (χ1n) is 8.17. The second-order valence-corrected chi connectivity index (χ2v) is 6.99. The molecule has 2 N–H and O–H groups in total. The average molecular weight is 295 g/mol. The van der Waals surface area contributed by atoms with E-state index >= 15 is 0 Å². The Labute approximate surface area is 127 Å². The molecule has 0 aromatic carbocycles. The zero-order valence-electron chi connectivity index (χ0n) is 13.6. The number of carbonyl (C=O) groups excluding carboxylic acids is 2. The molecule has 0 spiro atoms. The predicted octanol–water partition coefficient (Wildman–Crippen LogP) is 0.997. The lowest BCUT2D eigenvalue weighted by atomic mass is 9.85. The third-order valence-electron chi connectivity index (χ3n) is 5.24. The van der Waals surface area contributed by atoms with E-state index in [2.05, 4.69) is 17.6 Å². The maximum Gasteiger partial charge on any atom is 0.227 e. The van der Waals surface area contributed by atoms with Crippen molar-refractivity contribution in [3.8, 4) is 0 Å². The Hall–Kier alpha value is -1.10. The molecule has 21 heavy (non-hydrogen) atoms. The molecule has 5 nitrogen and oxygen atoms in total. The first kappa shape index (κ1) is 16.3. The van der Waals surface area contributed by atoms with E-state index in [4.69, 9.17) is 0 Å². The molecule has 5 heteroatoms. The van der Waals surface area contributed by atoms with Crippen LogP contribution >= 0.6 is 0 Å². The smallest absolute Gasteiger partial charge is 0.227 e. The number of carbonyl (C=O) groups is 2. The molecule has 2 heterocycles.